The summed E-state index contributed by atoms with van der Waals surface area (Å²) < 4.78 is 1.94. The monoisotopic (exact) mass is 257 g/mol. The fourth-order valence-electron chi connectivity index (χ4n) is 2.04. The molecule has 3 aromatic heterocycles. The van der Waals surface area contributed by atoms with Gasteiger partial charge in [-0.25, -0.2) is 15.0 Å². The Labute approximate surface area is 110 Å². The van der Waals surface area contributed by atoms with E-state index in [4.69, 9.17) is 5.11 Å². The maximum Gasteiger partial charge on any atom is 0.170 e. The first-order valence-corrected chi connectivity index (χ1v) is 6.32. The third-order valence-corrected chi connectivity index (χ3v) is 2.97. The molecular weight excluding hydrogens is 242 g/mol. The van der Waals surface area contributed by atoms with Crippen LogP contribution in [0.2, 0.25) is 0 Å². The lowest BCUT2D eigenvalue weighted by Gasteiger charge is -2.04. The Kier molecular flexibility index (Phi) is 3.24. The lowest BCUT2D eigenvalue weighted by atomic mass is 10.3. The SMILES string of the molecule is OCCCCNc1ncnc2c1nc1ccccn12. The molecule has 0 atom stereocenters. The van der Waals surface area contributed by atoms with Crippen molar-refractivity contribution < 1.29 is 5.11 Å². The number of anilines is 1. The van der Waals surface area contributed by atoms with Crippen LogP contribution < -0.4 is 5.32 Å². The zero-order valence-electron chi connectivity index (χ0n) is 10.5. The van der Waals surface area contributed by atoms with E-state index in [-0.39, 0.29) is 6.61 Å². The van der Waals surface area contributed by atoms with Crippen LogP contribution >= 0.6 is 0 Å². The van der Waals surface area contributed by atoms with Crippen molar-refractivity contribution in [1.82, 2.24) is 19.4 Å². The Balaban J connectivity index is 1.96. The van der Waals surface area contributed by atoms with Crippen LogP contribution in [0.3, 0.4) is 0 Å². The van der Waals surface area contributed by atoms with Crippen molar-refractivity contribution in [2.45, 2.75) is 12.8 Å². The molecule has 0 spiro atoms. The lowest BCUT2D eigenvalue weighted by Crippen LogP contribution is -2.05. The van der Waals surface area contributed by atoms with Gasteiger partial charge >= 0.3 is 0 Å². The van der Waals surface area contributed by atoms with Crippen molar-refractivity contribution in [2.75, 3.05) is 18.5 Å². The van der Waals surface area contributed by atoms with Crippen LogP contribution in [0.15, 0.2) is 30.7 Å². The van der Waals surface area contributed by atoms with Gasteiger partial charge in [-0.05, 0) is 25.0 Å². The highest BCUT2D eigenvalue weighted by Crippen LogP contribution is 2.19. The molecule has 3 rings (SSSR count). The van der Waals surface area contributed by atoms with Crippen molar-refractivity contribution in [3.05, 3.63) is 30.7 Å². The van der Waals surface area contributed by atoms with Gasteiger partial charge in [-0.15, -0.1) is 0 Å². The number of nitrogens with one attached hydrogen (secondary N) is 1. The number of pyridine rings is 1. The summed E-state index contributed by atoms with van der Waals surface area (Å²) in [4.78, 5) is 13.1. The number of aliphatic hydroxyl groups excluding tert-OH is 1. The number of nitrogens with zero attached hydrogens (tertiary/aromatic N) is 4. The minimum absolute atomic E-state index is 0.217. The second-order valence-electron chi connectivity index (χ2n) is 4.29. The van der Waals surface area contributed by atoms with Crippen molar-refractivity contribution in [3.63, 3.8) is 0 Å². The average molecular weight is 257 g/mol. The summed E-state index contributed by atoms with van der Waals surface area (Å²) in [5, 5.41) is 12.0. The van der Waals surface area contributed by atoms with E-state index in [2.05, 4.69) is 20.3 Å². The molecule has 0 aliphatic rings. The first kappa shape index (κ1) is 11.9. The standard InChI is InChI=1S/C13H15N5O/c19-8-4-2-6-14-12-11-13(16-9-15-12)18-7-3-1-5-10(18)17-11/h1,3,5,7,9,19H,2,4,6,8H2,(H,14,15,16). The number of imidazole rings is 1. The smallest absolute Gasteiger partial charge is 0.170 e. The van der Waals surface area contributed by atoms with Gasteiger partial charge in [0.2, 0.25) is 0 Å². The summed E-state index contributed by atoms with van der Waals surface area (Å²) in [6, 6.07) is 5.84. The van der Waals surface area contributed by atoms with E-state index in [1.54, 1.807) is 0 Å². The Morgan fingerprint density at radius 2 is 2.16 bits per heavy atom. The fraction of sp³-hybridized carbons (Fsp3) is 0.308. The zero-order valence-corrected chi connectivity index (χ0v) is 10.5. The highest BCUT2D eigenvalue weighted by atomic mass is 16.2. The van der Waals surface area contributed by atoms with Gasteiger partial charge in [0.1, 0.15) is 12.0 Å². The van der Waals surface area contributed by atoms with Crippen molar-refractivity contribution in [3.8, 4) is 0 Å². The molecule has 0 aromatic carbocycles. The van der Waals surface area contributed by atoms with Gasteiger partial charge < -0.3 is 10.4 Å². The van der Waals surface area contributed by atoms with Crippen LogP contribution in [0.25, 0.3) is 16.8 Å². The first-order valence-electron chi connectivity index (χ1n) is 6.32. The third-order valence-electron chi connectivity index (χ3n) is 2.97. The normalized spacial score (nSPS) is 11.2. The molecule has 6 heteroatoms. The maximum absolute atomic E-state index is 8.76. The molecule has 19 heavy (non-hydrogen) atoms. The summed E-state index contributed by atoms with van der Waals surface area (Å²) in [5.41, 5.74) is 2.43. The van der Waals surface area contributed by atoms with Crippen LogP contribution in [-0.2, 0) is 0 Å². The lowest BCUT2D eigenvalue weighted by molar-refractivity contribution is 0.286. The first-order chi connectivity index (χ1) is 9.40. The molecule has 0 radical (unpaired) electrons. The molecule has 3 heterocycles. The maximum atomic E-state index is 8.76. The Morgan fingerprint density at radius 1 is 1.21 bits per heavy atom. The zero-order chi connectivity index (χ0) is 13.1. The highest BCUT2D eigenvalue weighted by Gasteiger charge is 2.09. The summed E-state index contributed by atoms with van der Waals surface area (Å²) >= 11 is 0. The van der Waals surface area contributed by atoms with E-state index in [9.17, 15) is 0 Å². The summed E-state index contributed by atoms with van der Waals surface area (Å²) in [6.07, 6.45) is 5.16. The van der Waals surface area contributed by atoms with E-state index >= 15 is 0 Å². The molecule has 0 fully saturated rings. The molecule has 0 saturated carbocycles. The molecular formula is C13H15N5O. The van der Waals surface area contributed by atoms with Gasteiger partial charge in [0, 0.05) is 19.3 Å². The predicted octanol–water partition coefficient (Wildman–Crippen LogP) is 1.46. The van der Waals surface area contributed by atoms with Crippen molar-refractivity contribution >= 4 is 22.6 Å². The topological polar surface area (TPSA) is 75.3 Å². The quantitative estimate of drug-likeness (QED) is 0.677. The molecule has 98 valence electrons. The van der Waals surface area contributed by atoms with Crippen molar-refractivity contribution in [1.29, 1.82) is 0 Å². The molecule has 0 aliphatic carbocycles. The molecule has 0 bridgehead atoms. The predicted molar refractivity (Wildman–Crippen MR) is 73.1 cm³/mol. The fourth-order valence-corrected chi connectivity index (χ4v) is 2.04. The number of unbranched alkanes of at least 4 members (excludes halogenated alkanes) is 1. The summed E-state index contributed by atoms with van der Waals surface area (Å²) in [6.45, 7) is 0.982. The second kappa shape index (κ2) is 5.19. The minimum Gasteiger partial charge on any atom is -0.396 e. The Morgan fingerprint density at radius 3 is 3.05 bits per heavy atom. The van der Waals surface area contributed by atoms with E-state index < -0.39 is 0 Å². The van der Waals surface area contributed by atoms with E-state index in [1.165, 1.54) is 6.33 Å². The van der Waals surface area contributed by atoms with Gasteiger partial charge in [-0.2, -0.15) is 0 Å². The molecule has 0 amide bonds. The molecule has 3 aromatic rings. The van der Waals surface area contributed by atoms with E-state index in [0.717, 1.165) is 42.0 Å². The number of hydrogen-bond acceptors (Lipinski definition) is 5. The Hall–Kier alpha value is -2.21. The Bertz CT molecular complexity index is 694. The number of fused-ring (bicyclic) bond motifs is 3. The van der Waals surface area contributed by atoms with Crippen LogP contribution in [0.5, 0.6) is 0 Å². The largest absolute Gasteiger partial charge is 0.396 e. The molecule has 0 unspecified atom stereocenters. The molecule has 0 saturated heterocycles. The highest BCUT2D eigenvalue weighted by molar-refractivity contribution is 5.86. The van der Waals surface area contributed by atoms with Crippen LogP contribution in [-0.4, -0.2) is 37.6 Å². The average Bonchev–Trinajstić information content (AvgIpc) is 2.83. The summed E-state index contributed by atoms with van der Waals surface area (Å²) in [7, 11) is 0. The second-order valence-corrected chi connectivity index (χ2v) is 4.29. The van der Waals surface area contributed by atoms with Crippen LogP contribution in [0.4, 0.5) is 5.82 Å². The minimum atomic E-state index is 0.217. The van der Waals surface area contributed by atoms with E-state index in [1.807, 2.05) is 28.8 Å². The summed E-state index contributed by atoms with van der Waals surface area (Å²) in [5.74, 6) is 0.742. The van der Waals surface area contributed by atoms with Crippen LogP contribution in [0, 0.1) is 0 Å². The number of hydrogen-bond donors (Lipinski definition) is 2. The van der Waals surface area contributed by atoms with Gasteiger partial charge in [0.25, 0.3) is 0 Å². The van der Waals surface area contributed by atoms with Gasteiger partial charge in [-0.1, -0.05) is 6.07 Å². The van der Waals surface area contributed by atoms with Crippen molar-refractivity contribution in [2.24, 2.45) is 0 Å². The molecule has 2 N–H and O–H groups in total. The molecule has 6 nitrogen and oxygen atoms in total. The van der Waals surface area contributed by atoms with Gasteiger partial charge in [-0.3, -0.25) is 4.40 Å². The molecule has 0 aliphatic heterocycles. The van der Waals surface area contributed by atoms with Gasteiger partial charge in [0.15, 0.2) is 17.0 Å². The van der Waals surface area contributed by atoms with Crippen LogP contribution in [0.1, 0.15) is 12.8 Å². The number of rotatable bonds is 5. The number of aromatic nitrogens is 4. The van der Waals surface area contributed by atoms with Gasteiger partial charge in [0.05, 0.1) is 0 Å². The van der Waals surface area contributed by atoms with E-state index in [0.29, 0.717) is 0 Å². The third kappa shape index (κ3) is 2.22. The number of aliphatic hydroxyl groups is 1.